The maximum absolute atomic E-state index is 12.0. The Morgan fingerprint density at radius 1 is 1.47 bits per heavy atom. The number of rotatable bonds is 3. The van der Waals surface area contributed by atoms with E-state index in [4.69, 9.17) is 16.7 Å². The van der Waals surface area contributed by atoms with E-state index in [1.165, 1.54) is 24.1 Å². The van der Waals surface area contributed by atoms with Gasteiger partial charge in [0.25, 0.3) is 5.91 Å². The van der Waals surface area contributed by atoms with Crippen molar-refractivity contribution in [2.75, 3.05) is 5.32 Å². The summed E-state index contributed by atoms with van der Waals surface area (Å²) in [4.78, 5) is 26.8. The molecule has 19 heavy (non-hydrogen) atoms. The lowest BCUT2D eigenvalue weighted by molar-refractivity contribution is 0.0692. The monoisotopic (exact) mass is 280 g/mol. The minimum Gasteiger partial charge on any atom is -0.478 e. The van der Waals surface area contributed by atoms with Crippen LogP contribution >= 0.6 is 11.6 Å². The Morgan fingerprint density at radius 2 is 2.21 bits per heavy atom. The molecule has 98 valence electrons. The molecule has 2 aromatic heterocycles. The second-order valence-electron chi connectivity index (χ2n) is 3.67. The Bertz CT molecular complexity index is 653. The van der Waals surface area contributed by atoms with Gasteiger partial charge in [-0.2, -0.15) is 5.10 Å². The fourth-order valence-corrected chi connectivity index (χ4v) is 1.64. The minimum absolute atomic E-state index is 0.114. The van der Waals surface area contributed by atoms with E-state index in [0.717, 1.165) is 0 Å². The summed E-state index contributed by atoms with van der Waals surface area (Å²) < 4.78 is 1.25. The van der Waals surface area contributed by atoms with Crippen LogP contribution in [-0.4, -0.2) is 31.7 Å². The fourth-order valence-electron chi connectivity index (χ4n) is 1.47. The van der Waals surface area contributed by atoms with Crippen LogP contribution in [0.25, 0.3) is 0 Å². The number of nitrogens with zero attached hydrogens (tertiary/aromatic N) is 3. The normalized spacial score (nSPS) is 10.2. The number of aromatic carboxylic acids is 1. The van der Waals surface area contributed by atoms with Crippen LogP contribution in [0.15, 0.2) is 24.5 Å². The number of hydrogen-bond acceptors (Lipinski definition) is 4. The number of hydrogen-bond donors (Lipinski definition) is 2. The van der Waals surface area contributed by atoms with Gasteiger partial charge in [0.1, 0.15) is 5.56 Å². The van der Waals surface area contributed by atoms with Gasteiger partial charge in [-0.15, -0.1) is 0 Å². The number of amides is 1. The van der Waals surface area contributed by atoms with Crippen LogP contribution in [0.5, 0.6) is 0 Å². The van der Waals surface area contributed by atoms with E-state index in [0.29, 0.717) is 0 Å². The lowest BCUT2D eigenvalue weighted by atomic mass is 10.2. The quantitative estimate of drug-likeness (QED) is 0.829. The Morgan fingerprint density at radius 3 is 2.84 bits per heavy atom. The van der Waals surface area contributed by atoms with E-state index in [1.54, 1.807) is 12.1 Å². The van der Waals surface area contributed by atoms with Gasteiger partial charge in [0.2, 0.25) is 0 Å². The Labute approximate surface area is 112 Å². The molecule has 0 fully saturated rings. The summed E-state index contributed by atoms with van der Waals surface area (Å²) in [6, 6.07) is 3.15. The van der Waals surface area contributed by atoms with E-state index in [9.17, 15) is 9.59 Å². The van der Waals surface area contributed by atoms with Crippen molar-refractivity contribution in [3.8, 4) is 0 Å². The molecule has 0 bridgehead atoms. The third kappa shape index (κ3) is 2.71. The SMILES string of the molecule is Cn1cc(C(=O)O)c(C(=O)Nc2cccnc2Cl)n1. The fraction of sp³-hybridized carbons (Fsp3) is 0.0909. The van der Waals surface area contributed by atoms with Gasteiger partial charge in [-0.05, 0) is 12.1 Å². The number of halogens is 1. The highest BCUT2D eigenvalue weighted by atomic mass is 35.5. The number of carbonyl (C=O) groups is 2. The average Bonchev–Trinajstić information content (AvgIpc) is 2.74. The first-order chi connectivity index (χ1) is 8.99. The summed E-state index contributed by atoms with van der Waals surface area (Å²) in [6.45, 7) is 0. The average molecular weight is 281 g/mol. The molecule has 0 aliphatic heterocycles. The zero-order valence-corrected chi connectivity index (χ0v) is 10.5. The third-order valence-electron chi connectivity index (χ3n) is 2.28. The molecule has 0 saturated carbocycles. The summed E-state index contributed by atoms with van der Waals surface area (Å²) in [5.41, 5.74) is -0.0777. The van der Waals surface area contributed by atoms with Crippen molar-refractivity contribution < 1.29 is 14.7 Å². The van der Waals surface area contributed by atoms with Crippen molar-refractivity contribution in [2.45, 2.75) is 0 Å². The van der Waals surface area contributed by atoms with Crippen molar-refractivity contribution in [3.05, 3.63) is 40.9 Å². The molecule has 0 aliphatic carbocycles. The van der Waals surface area contributed by atoms with Crippen LogP contribution in [-0.2, 0) is 7.05 Å². The molecule has 0 unspecified atom stereocenters. The number of aryl methyl sites for hydroxylation is 1. The second-order valence-corrected chi connectivity index (χ2v) is 4.02. The summed E-state index contributed by atoms with van der Waals surface area (Å²) in [6.07, 6.45) is 2.73. The highest BCUT2D eigenvalue weighted by Gasteiger charge is 2.21. The molecule has 0 aromatic carbocycles. The zero-order chi connectivity index (χ0) is 14.0. The predicted molar refractivity (Wildman–Crippen MR) is 67.4 cm³/mol. The summed E-state index contributed by atoms with van der Waals surface area (Å²) in [5, 5.41) is 15.4. The molecule has 0 aliphatic rings. The lowest BCUT2D eigenvalue weighted by Gasteiger charge is -2.04. The molecular weight excluding hydrogens is 272 g/mol. The number of aromatic nitrogens is 3. The summed E-state index contributed by atoms with van der Waals surface area (Å²) in [5.74, 6) is -1.89. The number of nitrogens with one attached hydrogen (secondary N) is 1. The Kier molecular flexibility index (Phi) is 3.48. The van der Waals surface area contributed by atoms with E-state index >= 15 is 0 Å². The van der Waals surface area contributed by atoms with Gasteiger partial charge in [0, 0.05) is 19.4 Å². The number of pyridine rings is 1. The highest BCUT2D eigenvalue weighted by Crippen LogP contribution is 2.18. The Hall–Kier alpha value is -2.41. The van der Waals surface area contributed by atoms with Crippen LogP contribution in [0.4, 0.5) is 5.69 Å². The van der Waals surface area contributed by atoms with Crippen molar-refractivity contribution in [1.29, 1.82) is 0 Å². The zero-order valence-electron chi connectivity index (χ0n) is 9.79. The van der Waals surface area contributed by atoms with E-state index < -0.39 is 11.9 Å². The van der Waals surface area contributed by atoms with Crippen LogP contribution in [0.1, 0.15) is 20.8 Å². The maximum Gasteiger partial charge on any atom is 0.339 e. The van der Waals surface area contributed by atoms with Gasteiger partial charge in [-0.1, -0.05) is 11.6 Å². The first kappa shape index (κ1) is 13.0. The molecule has 0 atom stereocenters. The molecule has 2 heterocycles. The molecule has 0 saturated heterocycles. The minimum atomic E-state index is -1.23. The number of anilines is 1. The van der Waals surface area contributed by atoms with Crippen LogP contribution in [0.3, 0.4) is 0 Å². The first-order valence-electron chi connectivity index (χ1n) is 5.18. The van der Waals surface area contributed by atoms with Gasteiger partial charge in [-0.3, -0.25) is 9.48 Å². The predicted octanol–water partition coefficient (Wildman–Crippen LogP) is 1.42. The van der Waals surface area contributed by atoms with Gasteiger partial charge in [-0.25, -0.2) is 9.78 Å². The van der Waals surface area contributed by atoms with Crippen molar-refractivity contribution in [1.82, 2.24) is 14.8 Å². The number of carboxylic acids is 1. The third-order valence-corrected chi connectivity index (χ3v) is 2.58. The van der Waals surface area contributed by atoms with Crippen LogP contribution in [0, 0.1) is 0 Å². The molecule has 8 heteroatoms. The topological polar surface area (TPSA) is 97.1 Å². The van der Waals surface area contributed by atoms with Gasteiger partial charge in [0.05, 0.1) is 5.69 Å². The Balaban J connectivity index is 2.31. The van der Waals surface area contributed by atoms with Crippen molar-refractivity contribution in [3.63, 3.8) is 0 Å². The molecule has 2 rings (SSSR count). The smallest absolute Gasteiger partial charge is 0.339 e. The van der Waals surface area contributed by atoms with Crippen molar-refractivity contribution in [2.24, 2.45) is 7.05 Å². The van der Waals surface area contributed by atoms with Crippen LogP contribution < -0.4 is 5.32 Å². The van der Waals surface area contributed by atoms with E-state index in [1.807, 2.05) is 0 Å². The molecule has 0 spiro atoms. The van der Waals surface area contributed by atoms with Crippen molar-refractivity contribution >= 4 is 29.2 Å². The van der Waals surface area contributed by atoms with Gasteiger partial charge < -0.3 is 10.4 Å². The van der Waals surface area contributed by atoms with Crippen LogP contribution in [0.2, 0.25) is 5.15 Å². The maximum atomic E-state index is 12.0. The van der Waals surface area contributed by atoms with Gasteiger partial charge in [0.15, 0.2) is 10.8 Å². The summed E-state index contributed by atoms with van der Waals surface area (Å²) >= 11 is 5.80. The van der Waals surface area contributed by atoms with E-state index in [2.05, 4.69) is 15.4 Å². The molecular formula is C11H9ClN4O3. The van der Waals surface area contributed by atoms with Gasteiger partial charge >= 0.3 is 5.97 Å². The second kappa shape index (κ2) is 5.07. The number of carboxylic acid groups (broad SMARTS) is 1. The molecule has 2 N–H and O–H groups in total. The largest absolute Gasteiger partial charge is 0.478 e. The molecule has 1 amide bonds. The standard InChI is InChI=1S/C11H9ClN4O3/c1-16-5-6(11(18)19)8(15-16)10(17)14-7-3-2-4-13-9(7)12/h2-5H,1H3,(H,14,17)(H,18,19). The summed E-state index contributed by atoms with van der Waals surface area (Å²) in [7, 11) is 1.53. The van der Waals surface area contributed by atoms with E-state index in [-0.39, 0.29) is 22.1 Å². The lowest BCUT2D eigenvalue weighted by Crippen LogP contribution is -2.16. The molecule has 2 aromatic rings. The highest BCUT2D eigenvalue weighted by molar-refractivity contribution is 6.32. The first-order valence-corrected chi connectivity index (χ1v) is 5.55. The number of carbonyl (C=O) groups excluding carboxylic acids is 1. The molecule has 0 radical (unpaired) electrons. The molecule has 7 nitrogen and oxygen atoms in total.